The van der Waals surface area contributed by atoms with Gasteiger partial charge in [-0.25, -0.2) is 0 Å². The van der Waals surface area contributed by atoms with Crippen LogP contribution >= 0.6 is 0 Å². The normalized spacial score (nSPS) is 10.4. The van der Waals surface area contributed by atoms with Crippen LogP contribution in [0, 0.1) is 5.92 Å². The molecular weight excluding hydrogens is 218 g/mol. The van der Waals surface area contributed by atoms with Crippen LogP contribution in [0.25, 0.3) is 0 Å². The van der Waals surface area contributed by atoms with Crippen LogP contribution in [0.3, 0.4) is 0 Å². The van der Waals surface area contributed by atoms with Crippen molar-refractivity contribution in [2.45, 2.75) is 20.4 Å². The number of nitrogens with zero attached hydrogens (tertiary/aromatic N) is 1. The molecule has 0 saturated carbocycles. The molecule has 1 aromatic heterocycles. The second kappa shape index (κ2) is 6.85. The van der Waals surface area contributed by atoms with Crippen LogP contribution in [-0.2, 0) is 11.3 Å². The second-order valence-electron chi connectivity index (χ2n) is 4.18. The smallest absolute Gasteiger partial charge is 0.257 e. The predicted molar refractivity (Wildman–Crippen MR) is 65.5 cm³/mol. The average molecular weight is 237 g/mol. The molecule has 0 aliphatic rings. The zero-order chi connectivity index (χ0) is 12.7. The summed E-state index contributed by atoms with van der Waals surface area (Å²) < 4.78 is 5.28. The zero-order valence-electron chi connectivity index (χ0n) is 10.3. The van der Waals surface area contributed by atoms with Gasteiger partial charge in [0.1, 0.15) is 5.75 Å². The zero-order valence-corrected chi connectivity index (χ0v) is 10.3. The van der Waals surface area contributed by atoms with E-state index in [1.54, 1.807) is 18.3 Å². The number of hydrogen-bond donors (Lipinski definition) is 2. The van der Waals surface area contributed by atoms with Gasteiger partial charge in [0.15, 0.2) is 6.61 Å². The Kier molecular flexibility index (Phi) is 5.42. The van der Waals surface area contributed by atoms with Crippen molar-refractivity contribution in [3.63, 3.8) is 0 Å². The molecule has 0 radical (unpaired) electrons. The highest BCUT2D eigenvalue weighted by molar-refractivity contribution is 5.77. The average Bonchev–Trinajstić information content (AvgIpc) is 2.34. The molecule has 17 heavy (non-hydrogen) atoms. The number of amides is 1. The van der Waals surface area contributed by atoms with Crippen LogP contribution in [0.2, 0.25) is 0 Å². The molecule has 0 unspecified atom stereocenters. The number of pyridine rings is 1. The third kappa shape index (κ3) is 5.31. The third-order valence-electron chi connectivity index (χ3n) is 2.08. The molecule has 94 valence electrons. The van der Waals surface area contributed by atoms with E-state index >= 15 is 0 Å². The van der Waals surface area contributed by atoms with Crippen molar-refractivity contribution in [3.8, 4) is 5.75 Å². The third-order valence-corrected chi connectivity index (χ3v) is 2.08. The number of nitrogens with one attached hydrogen (secondary N) is 1. The number of carbonyl (C=O) groups is 1. The van der Waals surface area contributed by atoms with Gasteiger partial charge in [-0.05, 0) is 18.1 Å². The van der Waals surface area contributed by atoms with Gasteiger partial charge in [0.05, 0.1) is 11.9 Å². The van der Waals surface area contributed by atoms with Gasteiger partial charge >= 0.3 is 0 Å². The minimum atomic E-state index is -0.124. The van der Waals surface area contributed by atoms with Gasteiger partial charge in [-0.3, -0.25) is 9.78 Å². The van der Waals surface area contributed by atoms with Gasteiger partial charge in [0, 0.05) is 13.1 Å². The molecule has 5 nitrogen and oxygen atoms in total. The molecule has 3 N–H and O–H groups in total. The molecule has 0 fully saturated rings. The van der Waals surface area contributed by atoms with Crippen LogP contribution in [0.15, 0.2) is 18.3 Å². The first kappa shape index (κ1) is 13.4. The molecule has 5 heteroatoms. The Morgan fingerprint density at radius 3 is 2.82 bits per heavy atom. The van der Waals surface area contributed by atoms with Gasteiger partial charge in [-0.15, -0.1) is 0 Å². The summed E-state index contributed by atoms with van der Waals surface area (Å²) in [5.74, 6) is 0.882. The minimum absolute atomic E-state index is 0.0103. The summed E-state index contributed by atoms with van der Waals surface area (Å²) in [5, 5.41) is 2.77. The first-order valence-electron chi connectivity index (χ1n) is 5.66. The Labute approximate surface area is 101 Å². The Morgan fingerprint density at radius 2 is 2.29 bits per heavy atom. The molecule has 0 aromatic carbocycles. The monoisotopic (exact) mass is 237 g/mol. The van der Waals surface area contributed by atoms with Crippen molar-refractivity contribution in [1.82, 2.24) is 10.3 Å². The lowest BCUT2D eigenvalue weighted by Crippen LogP contribution is -2.31. The quantitative estimate of drug-likeness (QED) is 0.763. The largest absolute Gasteiger partial charge is 0.482 e. The fourth-order valence-corrected chi connectivity index (χ4v) is 1.13. The van der Waals surface area contributed by atoms with Gasteiger partial charge in [-0.1, -0.05) is 13.8 Å². The highest BCUT2D eigenvalue weighted by atomic mass is 16.5. The number of nitrogens with two attached hydrogens (primary N) is 1. The van der Waals surface area contributed by atoms with Gasteiger partial charge in [0.25, 0.3) is 5.91 Å². The van der Waals surface area contributed by atoms with Crippen molar-refractivity contribution in [2.75, 3.05) is 13.2 Å². The summed E-state index contributed by atoms with van der Waals surface area (Å²) in [6.07, 6.45) is 1.57. The molecular formula is C12H19N3O2. The summed E-state index contributed by atoms with van der Waals surface area (Å²) in [5.41, 5.74) is 6.22. The molecule has 1 heterocycles. The lowest BCUT2D eigenvalue weighted by molar-refractivity contribution is -0.123. The Hall–Kier alpha value is -1.62. The molecule has 1 amide bonds. The van der Waals surface area contributed by atoms with Gasteiger partial charge in [-0.2, -0.15) is 0 Å². The second-order valence-corrected chi connectivity index (χ2v) is 4.18. The molecule has 0 saturated heterocycles. The van der Waals surface area contributed by atoms with Crippen molar-refractivity contribution >= 4 is 5.91 Å². The van der Waals surface area contributed by atoms with Crippen molar-refractivity contribution < 1.29 is 9.53 Å². The minimum Gasteiger partial charge on any atom is -0.482 e. The van der Waals surface area contributed by atoms with Crippen LogP contribution in [0.5, 0.6) is 5.75 Å². The van der Waals surface area contributed by atoms with E-state index in [4.69, 9.17) is 10.5 Å². The lowest BCUT2D eigenvalue weighted by Gasteiger charge is -2.09. The Bertz CT molecular complexity index is 349. The number of aromatic nitrogens is 1. The fraction of sp³-hybridized carbons (Fsp3) is 0.500. The highest BCUT2D eigenvalue weighted by Gasteiger charge is 2.03. The van der Waals surface area contributed by atoms with E-state index < -0.39 is 0 Å². The van der Waals surface area contributed by atoms with E-state index in [0.29, 0.717) is 24.8 Å². The topological polar surface area (TPSA) is 77.2 Å². The standard InChI is InChI=1S/C12H19N3O2/c1-9(2)6-15-12(16)8-17-11-4-3-10(5-13)14-7-11/h3-4,7,9H,5-6,8,13H2,1-2H3,(H,15,16). The Morgan fingerprint density at radius 1 is 1.53 bits per heavy atom. The van der Waals surface area contributed by atoms with Crippen LogP contribution in [0.1, 0.15) is 19.5 Å². The van der Waals surface area contributed by atoms with Crippen LogP contribution in [0.4, 0.5) is 0 Å². The summed E-state index contributed by atoms with van der Waals surface area (Å²) in [4.78, 5) is 15.4. The maximum absolute atomic E-state index is 11.4. The molecule has 0 spiro atoms. The van der Waals surface area contributed by atoms with Crippen molar-refractivity contribution in [3.05, 3.63) is 24.0 Å². The SMILES string of the molecule is CC(C)CNC(=O)COc1ccc(CN)nc1. The first-order valence-corrected chi connectivity index (χ1v) is 5.66. The summed E-state index contributed by atoms with van der Waals surface area (Å²) >= 11 is 0. The molecule has 1 aromatic rings. The number of ether oxygens (including phenoxy) is 1. The van der Waals surface area contributed by atoms with Crippen molar-refractivity contribution in [1.29, 1.82) is 0 Å². The molecule has 1 rings (SSSR count). The number of hydrogen-bond acceptors (Lipinski definition) is 4. The van der Waals surface area contributed by atoms with Gasteiger partial charge < -0.3 is 15.8 Å². The summed E-state index contributed by atoms with van der Waals surface area (Å²) in [7, 11) is 0. The van der Waals surface area contributed by atoms with E-state index in [1.165, 1.54) is 0 Å². The first-order chi connectivity index (χ1) is 8.11. The van der Waals surface area contributed by atoms with E-state index in [2.05, 4.69) is 10.3 Å². The van der Waals surface area contributed by atoms with Crippen molar-refractivity contribution in [2.24, 2.45) is 11.7 Å². The number of rotatable bonds is 6. The molecule has 0 atom stereocenters. The summed E-state index contributed by atoms with van der Waals surface area (Å²) in [6, 6.07) is 3.53. The predicted octanol–water partition coefficient (Wildman–Crippen LogP) is 0.691. The van der Waals surface area contributed by atoms with Gasteiger partial charge in [0.2, 0.25) is 0 Å². The van der Waals surface area contributed by atoms with Crippen LogP contribution < -0.4 is 15.8 Å². The Balaban J connectivity index is 2.31. The molecule has 0 aliphatic heterocycles. The fourth-order valence-electron chi connectivity index (χ4n) is 1.13. The van der Waals surface area contributed by atoms with E-state index in [0.717, 1.165) is 5.69 Å². The highest BCUT2D eigenvalue weighted by Crippen LogP contribution is 2.08. The lowest BCUT2D eigenvalue weighted by atomic mass is 10.2. The van der Waals surface area contributed by atoms with E-state index in [-0.39, 0.29) is 12.5 Å². The number of carbonyl (C=O) groups excluding carboxylic acids is 1. The maximum atomic E-state index is 11.4. The van der Waals surface area contributed by atoms with E-state index in [9.17, 15) is 4.79 Å². The van der Waals surface area contributed by atoms with E-state index in [1.807, 2.05) is 13.8 Å². The molecule has 0 aliphatic carbocycles. The summed E-state index contributed by atoms with van der Waals surface area (Å²) in [6.45, 7) is 5.14. The molecule has 0 bridgehead atoms. The maximum Gasteiger partial charge on any atom is 0.257 e. The van der Waals surface area contributed by atoms with Crippen LogP contribution in [-0.4, -0.2) is 24.0 Å².